The second kappa shape index (κ2) is 7.48. The van der Waals surface area contributed by atoms with E-state index in [-0.39, 0.29) is 0 Å². The highest BCUT2D eigenvalue weighted by Gasteiger charge is 2.15. The van der Waals surface area contributed by atoms with Crippen molar-refractivity contribution in [1.29, 1.82) is 0 Å². The van der Waals surface area contributed by atoms with Crippen LogP contribution in [0.3, 0.4) is 0 Å². The number of methoxy groups -OCH3 is 1. The van der Waals surface area contributed by atoms with Gasteiger partial charge < -0.3 is 10.5 Å². The molecule has 5 heteroatoms. The molecule has 0 atom stereocenters. The maximum absolute atomic E-state index is 5.74. The molecule has 2 N–H and O–H groups in total. The lowest BCUT2D eigenvalue weighted by molar-refractivity contribution is 0.181. The lowest BCUT2D eigenvalue weighted by Crippen LogP contribution is -2.08. The highest BCUT2D eigenvalue weighted by Crippen LogP contribution is 2.32. The van der Waals surface area contributed by atoms with Crippen LogP contribution in [0.15, 0.2) is 0 Å². The molecule has 1 aromatic heterocycles. The molecular weight excluding hydrogens is 264 g/mol. The highest BCUT2D eigenvalue weighted by atomic mass is 32.2. The van der Waals surface area contributed by atoms with Gasteiger partial charge in [0, 0.05) is 29.5 Å². The third-order valence-electron chi connectivity index (χ3n) is 3.28. The molecule has 1 saturated carbocycles. The number of hydrogen-bond acceptors (Lipinski definition) is 5. The lowest BCUT2D eigenvalue weighted by Gasteiger charge is -2.20. The quantitative estimate of drug-likeness (QED) is 0.871. The second-order valence-corrected chi connectivity index (χ2v) is 7.14. The van der Waals surface area contributed by atoms with Crippen molar-refractivity contribution in [2.24, 2.45) is 5.73 Å². The first-order chi connectivity index (χ1) is 8.83. The molecule has 3 nitrogen and oxygen atoms in total. The van der Waals surface area contributed by atoms with Gasteiger partial charge in [-0.3, -0.25) is 0 Å². The largest absolute Gasteiger partial charge is 0.378 e. The molecule has 1 aromatic rings. The Balaban J connectivity index is 1.88. The molecule has 0 unspecified atom stereocenters. The van der Waals surface area contributed by atoms with Crippen molar-refractivity contribution in [3.63, 3.8) is 0 Å². The summed E-state index contributed by atoms with van der Waals surface area (Å²) in [6.07, 6.45) is 6.98. The molecule has 0 bridgehead atoms. The maximum Gasteiger partial charge on any atom is 0.103 e. The van der Waals surface area contributed by atoms with Crippen LogP contribution in [0.4, 0.5) is 0 Å². The first-order valence-electron chi connectivity index (χ1n) is 6.61. The molecule has 0 aromatic carbocycles. The maximum atomic E-state index is 5.74. The molecule has 102 valence electrons. The summed E-state index contributed by atoms with van der Waals surface area (Å²) < 4.78 is 5.16. The predicted octanol–water partition coefficient (Wildman–Crippen LogP) is 3.31. The van der Waals surface area contributed by atoms with Gasteiger partial charge in [-0.2, -0.15) is 11.8 Å². The molecule has 1 heterocycles. The Morgan fingerprint density at radius 3 is 2.83 bits per heavy atom. The number of hydrogen-bond donors (Lipinski definition) is 1. The van der Waals surface area contributed by atoms with E-state index in [9.17, 15) is 0 Å². The van der Waals surface area contributed by atoms with Gasteiger partial charge in [0.2, 0.25) is 0 Å². The lowest BCUT2D eigenvalue weighted by atomic mass is 10.0. The molecule has 2 rings (SSSR count). The monoisotopic (exact) mass is 286 g/mol. The molecule has 1 aliphatic rings. The zero-order chi connectivity index (χ0) is 12.8. The second-order valence-electron chi connectivity index (χ2n) is 4.69. The number of thiazole rings is 1. The number of rotatable bonds is 6. The molecule has 0 spiro atoms. The van der Waals surface area contributed by atoms with E-state index in [1.54, 1.807) is 18.4 Å². The first-order valence-corrected chi connectivity index (χ1v) is 8.48. The predicted molar refractivity (Wildman–Crippen MR) is 78.9 cm³/mol. The Kier molecular flexibility index (Phi) is 5.95. The Hall–Kier alpha value is -0.100. The third kappa shape index (κ3) is 3.95. The molecule has 0 amide bonds. The van der Waals surface area contributed by atoms with Crippen molar-refractivity contribution >= 4 is 23.1 Å². The standard InChI is InChI=1S/C13H22N2OS2/c1-16-8-11-12(7-14)18-13(15-11)9-17-10-5-3-2-4-6-10/h10H,2-9,14H2,1H3. The zero-order valence-corrected chi connectivity index (χ0v) is 12.6. The van der Waals surface area contributed by atoms with Gasteiger partial charge in [-0.15, -0.1) is 11.3 Å². The Labute approximate surface area is 118 Å². The van der Waals surface area contributed by atoms with Gasteiger partial charge in [0.1, 0.15) is 5.01 Å². The zero-order valence-electron chi connectivity index (χ0n) is 11.0. The summed E-state index contributed by atoms with van der Waals surface area (Å²) in [7, 11) is 1.70. The van der Waals surface area contributed by atoms with Gasteiger partial charge in [-0.25, -0.2) is 4.98 Å². The van der Waals surface area contributed by atoms with E-state index in [4.69, 9.17) is 10.5 Å². The van der Waals surface area contributed by atoms with Crippen LogP contribution in [0.1, 0.15) is 47.7 Å². The summed E-state index contributed by atoms with van der Waals surface area (Å²) in [4.78, 5) is 5.82. The number of aromatic nitrogens is 1. The van der Waals surface area contributed by atoms with Crippen LogP contribution >= 0.6 is 23.1 Å². The van der Waals surface area contributed by atoms with E-state index >= 15 is 0 Å². The first kappa shape index (κ1) is 14.3. The number of nitrogens with two attached hydrogens (primary N) is 1. The van der Waals surface area contributed by atoms with Gasteiger partial charge in [-0.1, -0.05) is 19.3 Å². The molecule has 1 fully saturated rings. The van der Waals surface area contributed by atoms with Crippen molar-refractivity contribution in [2.75, 3.05) is 7.11 Å². The highest BCUT2D eigenvalue weighted by molar-refractivity contribution is 7.99. The summed E-state index contributed by atoms with van der Waals surface area (Å²) >= 11 is 3.82. The SMILES string of the molecule is COCc1nc(CSC2CCCCC2)sc1CN. The van der Waals surface area contributed by atoms with Crippen LogP contribution in [0, 0.1) is 0 Å². The molecule has 0 aliphatic heterocycles. The Morgan fingerprint density at radius 2 is 2.17 bits per heavy atom. The fourth-order valence-electron chi connectivity index (χ4n) is 2.33. The number of thioether (sulfide) groups is 1. The number of nitrogens with zero attached hydrogens (tertiary/aromatic N) is 1. The Bertz CT molecular complexity index is 362. The summed E-state index contributed by atoms with van der Waals surface area (Å²) in [6, 6.07) is 0. The smallest absolute Gasteiger partial charge is 0.103 e. The van der Waals surface area contributed by atoms with E-state index in [1.807, 2.05) is 0 Å². The van der Waals surface area contributed by atoms with Crippen LogP contribution in [-0.2, 0) is 23.6 Å². The summed E-state index contributed by atoms with van der Waals surface area (Å²) in [5.41, 5.74) is 6.77. The van der Waals surface area contributed by atoms with E-state index in [2.05, 4.69) is 16.7 Å². The van der Waals surface area contributed by atoms with Gasteiger partial charge in [0.25, 0.3) is 0 Å². The van der Waals surface area contributed by atoms with Gasteiger partial charge in [0.15, 0.2) is 0 Å². The molecule has 18 heavy (non-hydrogen) atoms. The van der Waals surface area contributed by atoms with Gasteiger partial charge in [0.05, 0.1) is 12.3 Å². The molecular formula is C13H22N2OS2. The fourth-order valence-corrected chi connectivity index (χ4v) is 4.62. The molecule has 0 saturated heterocycles. The van der Waals surface area contributed by atoms with E-state index in [0.717, 1.165) is 16.7 Å². The van der Waals surface area contributed by atoms with E-state index < -0.39 is 0 Å². The fraction of sp³-hybridized carbons (Fsp3) is 0.769. The summed E-state index contributed by atoms with van der Waals surface area (Å²) in [5.74, 6) is 1.03. The molecule has 0 radical (unpaired) electrons. The van der Waals surface area contributed by atoms with Crippen molar-refractivity contribution in [3.05, 3.63) is 15.6 Å². The normalized spacial score (nSPS) is 17.2. The Morgan fingerprint density at radius 1 is 1.39 bits per heavy atom. The van der Waals surface area contributed by atoms with Crippen molar-refractivity contribution in [1.82, 2.24) is 4.98 Å². The summed E-state index contributed by atoms with van der Waals surface area (Å²) in [6.45, 7) is 1.15. The van der Waals surface area contributed by atoms with Crippen LogP contribution in [0.25, 0.3) is 0 Å². The van der Waals surface area contributed by atoms with E-state index in [1.165, 1.54) is 42.0 Å². The van der Waals surface area contributed by atoms with Crippen LogP contribution in [0.2, 0.25) is 0 Å². The minimum Gasteiger partial charge on any atom is -0.378 e. The minimum atomic E-state index is 0.574. The molecule has 1 aliphatic carbocycles. The summed E-state index contributed by atoms with van der Waals surface area (Å²) in [5, 5.41) is 2.05. The average molecular weight is 286 g/mol. The van der Waals surface area contributed by atoms with Crippen LogP contribution in [-0.4, -0.2) is 17.3 Å². The van der Waals surface area contributed by atoms with Crippen LogP contribution < -0.4 is 5.73 Å². The topological polar surface area (TPSA) is 48.1 Å². The van der Waals surface area contributed by atoms with E-state index in [0.29, 0.717) is 13.2 Å². The van der Waals surface area contributed by atoms with Crippen molar-refractivity contribution in [3.8, 4) is 0 Å². The average Bonchev–Trinajstić information content (AvgIpc) is 2.80. The third-order valence-corrected chi connectivity index (χ3v) is 5.97. The minimum absolute atomic E-state index is 0.574. The van der Waals surface area contributed by atoms with Crippen molar-refractivity contribution in [2.45, 2.75) is 56.3 Å². The van der Waals surface area contributed by atoms with Crippen LogP contribution in [0.5, 0.6) is 0 Å². The van der Waals surface area contributed by atoms with Gasteiger partial charge in [-0.05, 0) is 12.8 Å². The number of ether oxygens (including phenoxy) is 1. The van der Waals surface area contributed by atoms with Crippen molar-refractivity contribution < 1.29 is 4.74 Å². The van der Waals surface area contributed by atoms with Gasteiger partial charge >= 0.3 is 0 Å².